The molecule has 0 aromatic carbocycles. The van der Waals surface area contributed by atoms with Crippen LogP contribution in [0.3, 0.4) is 0 Å². The number of hydrogen-bond donors (Lipinski definition) is 6. The van der Waals surface area contributed by atoms with Crippen molar-refractivity contribution in [1.82, 2.24) is 5.32 Å². The molecule has 0 spiro atoms. The van der Waals surface area contributed by atoms with E-state index in [0.717, 1.165) is 57.8 Å². The minimum absolute atomic E-state index is 0.129. The van der Waals surface area contributed by atoms with Gasteiger partial charge in [0.1, 0.15) is 24.4 Å². The lowest BCUT2D eigenvalue weighted by Gasteiger charge is -2.41. The third-order valence-electron chi connectivity index (χ3n) is 18.5. The molecule has 1 saturated heterocycles. The minimum Gasteiger partial charge on any atom is -0.454 e. The van der Waals surface area contributed by atoms with Gasteiger partial charge in [0.25, 0.3) is 0 Å². The molecule has 6 N–H and O–H groups in total. The van der Waals surface area contributed by atoms with Gasteiger partial charge in [-0.15, -0.1) is 0 Å². The molecule has 0 bridgehead atoms. The molecule has 1 fully saturated rings. The van der Waals surface area contributed by atoms with Gasteiger partial charge in [0.05, 0.1) is 25.4 Å². The predicted molar refractivity (Wildman–Crippen MR) is 375 cm³/mol. The van der Waals surface area contributed by atoms with Crippen molar-refractivity contribution in [3.05, 3.63) is 36.5 Å². The third kappa shape index (κ3) is 52.9. The quantitative estimate of drug-likeness (QED) is 0.0195. The molecule has 8 unspecified atom stereocenters. The Morgan fingerprint density at radius 1 is 0.427 bits per heavy atom. The number of amides is 1. The maximum atomic E-state index is 13.5. The number of allylic oxidation sites excluding steroid dienone is 5. The maximum Gasteiger partial charge on any atom is 0.306 e. The molecule has 0 aromatic heterocycles. The number of carbonyl (C=O) groups is 2. The molecular weight excluding hydrogens is 1110 g/mol. The standard InChI is InChI=1S/C78H147NO10/c1-4-7-10-13-16-19-22-24-26-28-30-32-34-35-36-37-38-40-42-44-46-48-51-54-57-60-63-66-73(83)89-76-75(85)74(84)72(67-80)88-78(76)87-68-69(70(81)64-61-58-55-52-49-21-18-15-12-9-6-3)79-77(86)71(82)65-62-59-56-53-50-47-45-43-41-39-33-31-29-27-25-23-20-17-14-11-8-5-2/h24-27,61,64,69-72,74-76,78,80-82,84-85H,4-23,28-60,62-63,65-68H2,1-3H3,(H,79,86)/b26-24+,27-25+,64-61+. The number of rotatable bonds is 68. The van der Waals surface area contributed by atoms with Gasteiger partial charge in [0.2, 0.25) is 5.91 Å². The zero-order chi connectivity index (χ0) is 64.6. The van der Waals surface area contributed by atoms with Crippen LogP contribution < -0.4 is 5.32 Å². The van der Waals surface area contributed by atoms with E-state index in [4.69, 9.17) is 14.2 Å². The third-order valence-corrected chi connectivity index (χ3v) is 18.5. The van der Waals surface area contributed by atoms with Gasteiger partial charge < -0.3 is 45.1 Å². The number of hydrogen-bond acceptors (Lipinski definition) is 10. The Morgan fingerprint density at radius 3 is 1.09 bits per heavy atom. The van der Waals surface area contributed by atoms with Crippen molar-refractivity contribution >= 4 is 11.9 Å². The van der Waals surface area contributed by atoms with Crippen molar-refractivity contribution in [2.24, 2.45) is 0 Å². The minimum atomic E-state index is -1.61. The number of aliphatic hydroxyl groups is 5. The maximum absolute atomic E-state index is 13.5. The second-order valence-electron chi connectivity index (χ2n) is 27.1. The fourth-order valence-corrected chi connectivity index (χ4v) is 12.4. The van der Waals surface area contributed by atoms with Gasteiger partial charge in [-0.3, -0.25) is 9.59 Å². The normalized spacial score (nSPS) is 18.2. The summed E-state index contributed by atoms with van der Waals surface area (Å²) in [6, 6.07) is -1.02. The Bertz CT molecular complexity index is 1590. The van der Waals surface area contributed by atoms with Crippen LogP contribution in [0.25, 0.3) is 0 Å². The van der Waals surface area contributed by atoms with Crippen LogP contribution in [0.5, 0.6) is 0 Å². The van der Waals surface area contributed by atoms with Gasteiger partial charge >= 0.3 is 5.97 Å². The summed E-state index contributed by atoms with van der Waals surface area (Å²) < 4.78 is 17.7. The number of nitrogens with one attached hydrogen (secondary N) is 1. The molecule has 0 aromatic rings. The lowest BCUT2D eigenvalue weighted by molar-refractivity contribution is -0.305. The van der Waals surface area contributed by atoms with Crippen LogP contribution in [0, 0.1) is 0 Å². The van der Waals surface area contributed by atoms with Crippen molar-refractivity contribution < 1.29 is 49.3 Å². The number of ether oxygens (including phenoxy) is 3. The van der Waals surface area contributed by atoms with Crippen LogP contribution in [0.4, 0.5) is 0 Å². The first-order valence-corrected chi connectivity index (χ1v) is 38.8. The smallest absolute Gasteiger partial charge is 0.306 e. The molecule has 0 saturated carbocycles. The van der Waals surface area contributed by atoms with Crippen LogP contribution in [0.2, 0.25) is 0 Å². The number of aliphatic hydroxyl groups excluding tert-OH is 5. The highest BCUT2D eigenvalue weighted by Crippen LogP contribution is 2.27. The van der Waals surface area contributed by atoms with Crippen LogP contribution in [0.15, 0.2) is 36.5 Å². The molecule has 89 heavy (non-hydrogen) atoms. The summed E-state index contributed by atoms with van der Waals surface area (Å²) in [5.74, 6) is -1.18. The summed E-state index contributed by atoms with van der Waals surface area (Å²) in [5, 5.41) is 57.3. The highest BCUT2D eigenvalue weighted by molar-refractivity contribution is 5.80. The van der Waals surface area contributed by atoms with Crippen molar-refractivity contribution in [1.29, 1.82) is 0 Å². The highest BCUT2D eigenvalue weighted by atomic mass is 16.7. The van der Waals surface area contributed by atoms with Gasteiger partial charge in [-0.1, -0.05) is 340 Å². The molecule has 1 amide bonds. The topological polar surface area (TPSA) is 175 Å². The Labute approximate surface area is 549 Å². The fraction of sp³-hybridized carbons (Fsp3) is 0.897. The molecule has 11 heteroatoms. The van der Waals surface area contributed by atoms with Gasteiger partial charge in [0.15, 0.2) is 12.4 Å². The Hall–Kier alpha value is -2.12. The second-order valence-corrected chi connectivity index (χ2v) is 27.1. The van der Waals surface area contributed by atoms with Crippen LogP contribution in [0.1, 0.15) is 387 Å². The highest BCUT2D eigenvalue weighted by Gasteiger charge is 2.47. The van der Waals surface area contributed by atoms with E-state index in [1.807, 2.05) is 6.08 Å². The first-order chi connectivity index (χ1) is 43.7. The number of unbranched alkanes of at least 4 members (excludes halogenated alkanes) is 50. The van der Waals surface area contributed by atoms with Crippen molar-refractivity contribution in [3.63, 3.8) is 0 Å². The van der Waals surface area contributed by atoms with Gasteiger partial charge in [0, 0.05) is 6.42 Å². The Kier molecular flexibility index (Phi) is 62.9. The molecule has 8 atom stereocenters. The predicted octanol–water partition coefficient (Wildman–Crippen LogP) is 20.5. The second kappa shape index (κ2) is 65.9. The monoisotopic (exact) mass is 1260 g/mol. The fourth-order valence-electron chi connectivity index (χ4n) is 12.4. The molecule has 11 nitrogen and oxygen atoms in total. The SMILES string of the molecule is CCCCCCCC/C=C/CCCCCCCCCCCCCCCCCCCC(=O)OC1C(OCC(NC(=O)C(O)CCCCCCCCCCCCCC/C=C/CCCCCCCC)C(O)/C=C/CCCCCCCCCCC)OC(CO)C(O)C1O. The van der Waals surface area contributed by atoms with Gasteiger partial charge in [-0.25, -0.2) is 0 Å². The molecular formula is C78H147NO10. The lowest BCUT2D eigenvalue weighted by Crippen LogP contribution is -2.61. The molecule has 524 valence electrons. The summed E-state index contributed by atoms with van der Waals surface area (Å²) >= 11 is 0. The summed E-state index contributed by atoms with van der Waals surface area (Å²) in [7, 11) is 0. The van der Waals surface area contributed by atoms with E-state index in [0.29, 0.717) is 19.3 Å². The first-order valence-electron chi connectivity index (χ1n) is 38.8. The Morgan fingerprint density at radius 2 is 0.742 bits per heavy atom. The van der Waals surface area contributed by atoms with Crippen molar-refractivity contribution in [3.8, 4) is 0 Å². The molecule has 1 heterocycles. The lowest BCUT2D eigenvalue weighted by atomic mass is 9.99. The first kappa shape index (κ1) is 84.9. The molecule has 1 aliphatic rings. The van der Waals surface area contributed by atoms with E-state index in [1.54, 1.807) is 6.08 Å². The summed E-state index contributed by atoms with van der Waals surface area (Å²) in [4.78, 5) is 26.7. The van der Waals surface area contributed by atoms with Gasteiger partial charge in [-0.2, -0.15) is 0 Å². The van der Waals surface area contributed by atoms with Gasteiger partial charge in [-0.05, 0) is 77.0 Å². The average Bonchev–Trinajstić information content (AvgIpc) is 1.43. The van der Waals surface area contributed by atoms with E-state index in [-0.39, 0.29) is 13.0 Å². The van der Waals surface area contributed by atoms with E-state index in [9.17, 15) is 35.1 Å². The molecule has 1 rings (SSSR count). The Balaban J connectivity index is 2.48. The average molecular weight is 1260 g/mol. The molecule has 0 aliphatic carbocycles. The van der Waals surface area contributed by atoms with E-state index in [1.165, 1.54) is 283 Å². The molecule has 0 radical (unpaired) electrons. The zero-order valence-corrected chi connectivity index (χ0v) is 58.6. The van der Waals surface area contributed by atoms with Crippen LogP contribution in [-0.4, -0.2) is 99.6 Å². The molecule has 1 aliphatic heterocycles. The summed E-state index contributed by atoms with van der Waals surface area (Å²) in [5.41, 5.74) is 0. The summed E-state index contributed by atoms with van der Waals surface area (Å²) in [6.45, 7) is 5.84. The van der Waals surface area contributed by atoms with Crippen LogP contribution in [-0.2, 0) is 23.8 Å². The van der Waals surface area contributed by atoms with E-state index < -0.39 is 67.4 Å². The summed E-state index contributed by atoms with van der Waals surface area (Å²) in [6.07, 6.45) is 72.1. The number of esters is 1. The van der Waals surface area contributed by atoms with E-state index >= 15 is 0 Å². The largest absolute Gasteiger partial charge is 0.454 e. The van der Waals surface area contributed by atoms with Crippen molar-refractivity contribution in [2.45, 2.75) is 436 Å². The zero-order valence-electron chi connectivity index (χ0n) is 58.6. The van der Waals surface area contributed by atoms with Crippen LogP contribution >= 0.6 is 0 Å². The van der Waals surface area contributed by atoms with E-state index in [2.05, 4.69) is 50.4 Å². The van der Waals surface area contributed by atoms with Crippen molar-refractivity contribution in [2.75, 3.05) is 13.2 Å². The number of carbonyl (C=O) groups excluding carboxylic acids is 2.